The fourth-order valence-corrected chi connectivity index (χ4v) is 1.10. The molecule has 0 aliphatic heterocycles. The van der Waals surface area contributed by atoms with Gasteiger partial charge in [0.05, 0.1) is 0 Å². The highest BCUT2D eigenvalue weighted by Gasteiger charge is 2.56. The average Bonchev–Trinajstić information content (AvgIpc) is 2.02. The van der Waals surface area contributed by atoms with Crippen LogP contribution in [0.3, 0.4) is 0 Å². The first-order valence-corrected chi connectivity index (χ1v) is 4.56. The van der Waals surface area contributed by atoms with E-state index in [2.05, 4.69) is 0 Å². The molecule has 0 radical (unpaired) electrons. The Balaban J connectivity index is 4.50. The lowest BCUT2D eigenvalue weighted by molar-refractivity contribution is -0.228. The summed E-state index contributed by atoms with van der Waals surface area (Å²) in [6, 6.07) is 0. The third-order valence-electron chi connectivity index (χ3n) is 2.38. The van der Waals surface area contributed by atoms with E-state index in [1.165, 1.54) is 0 Å². The maximum atomic E-state index is 12.4. The Kier molecular flexibility index (Phi) is 4.42. The van der Waals surface area contributed by atoms with Crippen LogP contribution in [0.4, 0.5) is 13.2 Å². The number of alkyl halides is 3. The van der Waals surface area contributed by atoms with E-state index in [9.17, 15) is 18.0 Å². The number of hydrogen-bond donors (Lipinski definition) is 1. The largest absolute Gasteiger partial charge is 0.481 e. The van der Waals surface area contributed by atoms with E-state index in [1.54, 1.807) is 0 Å². The van der Waals surface area contributed by atoms with E-state index in [-0.39, 0.29) is 6.42 Å². The Morgan fingerprint density at radius 1 is 1.29 bits per heavy atom. The minimum Gasteiger partial charge on any atom is -0.481 e. The highest BCUT2D eigenvalue weighted by Crippen LogP contribution is 2.42. The number of carbonyl (C=O) groups is 1. The van der Waals surface area contributed by atoms with Crippen LogP contribution in [-0.4, -0.2) is 17.3 Å². The summed E-state index contributed by atoms with van der Waals surface area (Å²) in [5, 5.41) is 8.55. The lowest BCUT2D eigenvalue weighted by atomic mass is 9.84. The van der Waals surface area contributed by atoms with E-state index < -0.39 is 17.6 Å². The van der Waals surface area contributed by atoms with Gasteiger partial charge in [-0.05, 0) is 13.3 Å². The number of halogens is 3. The Morgan fingerprint density at radius 2 is 1.79 bits per heavy atom. The molecule has 1 atom stereocenters. The van der Waals surface area contributed by atoms with Crippen LogP contribution in [-0.2, 0) is 4.79 Å². The van der Waals surface area contributed by atoms with Gasteiger partial charge in [0, 0.05) is 0 Å². The molecule has 1 unspecified atom stereocenters. The predicted octanol–water partition coefficient (Wildman–Crippen LogP) is 3.22. The normalized spacial score (nSPS) is 16.4. The first kappa shape index (κ1) is 13.3. The highest BCUT2D eigenvalue weighted by atomic mass is 19.4. The van der Waals surface area contributed by atoms with Gasteiger partial charge in [-0.3, -0.25) is 4.79 Å². The molecule has 0 rings (SSSR count). The van der Waals surface area contributed by atoms with Crippen molar-refractivity contribution in [2.24, 2.45) is 5.41 Å². The van der Waals surface area contributed by atoms with Crippen LogP contribution in [0.5, 0.6) is 0 Å². The van der Waals surface area contributed by atoms with Crippen molar-refractivity contribution < 1.29 is 23.1 Å². The summed E-state index contributed by atoms with van der Waals surface area (Å²) in [6.45, 7) is 2.59. The molecule has 0 amide bonds. The molecule has 0 bridgehead atoms. The van der Waals surface area contributed by atoms with Gasteiger partial charge in [0.1, 0.15) is 0 Å². The molecule has 84 valence electrons. The highest BCUT2D eigenvalue weighted by molar-refractivity contribution is 5.75. The zero-order valence-electron chi connectivity index (χ0n) is 8.32. The van der Waals surface area contributed by atoms with Crippen LogP contribution in [0, 0.1) is 5.41 Å². The number of carboxylic acid groups (broad SMARTS) is 1. The molecule has 5 heteroatoms. The maximum Gasteiger partial charge on any atom is 0.404 e. The molecule has 0 aromatic rings. The van der Waals surface area contributed by atoms with Crippen molar-refractivity contribution in [3.05, 3.63) is 0 Å². The second-order valence-corrected chi connectivity index (χ2v) is 3.59. The second-order valence-electron chi connectivity index (χ2n) is 3.59. The second kappa shape index (κ2) is 4.66. The van der Waals surface area contributed by atoms with Crippen molar-refractivity contribution in [3.8, 4) is 0 Å². The molecule has 0 saturated heterocycles. The summed E-state index contributed by atoms with van der Waals surface area (Å²) in [7, 11) is 0. The minimum absolute atomic E-state index is 0.290. The van der Waals surface area contributed by atoms with Crippen LogP contribution in [0.2, 0.25) is 0 Å². The summed E-state index contributed by atoms with van der Waals surface area (Å²) < 4.78 is 37.2. The number of hydrogen-bond acceptors (Lipinski definition) is 1. The molecule has 2 nitrogen and oxygen atoms in total. The number of unbranched alkanes of at least 4 members (excludes halogenated alkanes) is 2. The first-order valence-electron chi connectivity index (χ1n) is 4.56. The van der Waals surface area contributed by atoms with Crippen molar-refractivity contribution in [3.63, 3.8) is 0 Å². The topological polar surface area (TPSA) is 37.3 Å². The quantitative estimate of drug-likeness (QED) is 0.710. The standard InChI is InChI=1S/C9H15F3O2/c1-3-4-5-6-8(2,7(13)14)9(10,11)12/h3-6H2,1-2H3,(H,13,14). The Hall–Kier alpha value is -0.740. The Bertz CT molecular complexity index is 201. The summed E-state index contributed by atoms with van der Waals surface area (Å²) in [6.07, 6.45) is -3.34. The van der Waals surface area contributed by atoms with E-state index >= 15 is 0 Å². The Labute approximate surface area is 81.1 Å². The molecule has 0 spiro atoms. The maximum absolute atomic E-state index is 12.4. The van der Waals surface area contributed by atoms with Crippen LogP contribution in [0.25, 0.3) is 0 Å². The minimum atomic E-state index is -4.67. The average molecular weight is 212 g/mol. The molecule has 0 aromatic carbocycles. The van der Waals surface area contributed by atoms with Crippen molar-refractivity contribution in [2.45, 2.75) is 45.7 Å². The van der Waals surface area contributed by atoms with Gasteiger partial charge in [0.15, 0.2) is 5.41 Å². The van der Waals surface area contributed by atoms with E-state index in [4.69, 9.17) is 5.11 Å². The van der Waals surface area contributed by atoms with E-state index in [0.29, 0.717) is 12.8 Å². The summed E-state index contributed by atoms with van der Waals surface area (Å²) >= 11 is 0. The van der Waals surface area contributed by atoms with Gasteiger partial charge in [-0.2, -0.15) is 13.2 Å². The third-order valence-corrected chi connectivity index (χ3v) is 2.38. The van der Waals surface area contributed by atoms with E-state index in [1.807, 2.05) is 6.92 Å². The van der Waals surface area contributed by atoms with Crippen LogP contribution < -0.4 is 0 Å². The number of rotatable bonds is 5. The monoisotopic (exact) mass is 212 g/mol. The lowest BCUT2D eigenvalue weighted by Gasteiger charge is -2.27. The number of carboxylic acids is 1. The summed E-state index contributed by atoms with van der Waals surface area (Å²) in [4.78, 5) is 10.5. The zero-order valence-corrected chi connectivity index (χ0v) is 8.32. The molecule has 0 aliphatic rings. The fraction of sp³-hybridized carbons (Fsp3) is 0.889. The van der Waals surface area contributed by atoms with Crippen molar-refractivity contribution >= 4 is 5.97 Å². The van der Waals surface area contributed by atoms with Crippen molar-refractivity contribution in [1.29, 1.82) is 0 Å². The zero-order chi connectivity index (χ0) is 11.4. The summed E-state index contributed by atoms with van der Waals surface area (Å²) in [5.74, 6) is -1.79. The molecule has 0 aliphatic carbocycles. The molecule has 0 aromatic heterocycles. The van der Waals surface area contributed by atoms with Gasteiger partial charge in [0.2, 0.25) is 0 Å². The van der Waals surface area contributed by atoms with Gasteiger partial charge in [0.25, 0.3) is 0 Å². The molecule has 0 fully saturated rings. The predicted molar refractivity (Wildman–Crippen MR) is 45.9 cm³/mol. The molecule has 0 saturated carbocycles. The van der Waals surface area contributed by atoms with Crippen LogP contribution in [0.1, 0.15) is 39.5 Å². The van der Waals surface area contributed by atoms with Gasteiger partial charge in [-0.25, -0.2) is 0 Å². The molecular formula is C9H15F3O2. The van der Waals surface area contributed by atoms with Crippen molar-refractivity contribution in [1.82, 2.24) is 0 Å². The van der Waals surface area contributed by atoms with Gasteiger partial charge in [-0.15, -0.1) is 0 Å². The third kappa shape index (κ3) is 2.89. The smallest absolute Gasteiger partial charge is 0.404 e. The van der Waals surface area contributed by atoms with Gasteiger partial charge >= 0.3 is 12.1 Å². The molecule has 0 heterocycles. The van der Waals surface area contributed by atoms with E-state index in [0.717, 1.165) is 13.3 Å². The molecular weight excluding hydrogens is 197 g/mol. The van der Waals surface area contributed by atoms with Crippen LogP contribution >= 0.6 is 0 Å². The SMILES string of the molecule is CCCCCC(C)(C(=O)O)C(F)(F)F. The van der Waals surface area contributed by atoms with Crippen molar-refractivity contribution in [2.75, 3.05) is 0 Å². The molecule has 1 N–H and O–H groups in total. The van der Waals surface area contributed by atoms with Gasteiger partial charge < -0.3 is 5.11 Å². The Morgan fingerprint density at radius 3 is 2.07 bits per heavy atom. The fourth-order valence-electron chi connectivity index (χ4n) is 1.10. The van der Waals surface area contributed by atoms with Gasteiger partial charge in [-0.1, -0.05) is 26.2 Å². The first-order chi connectivity index (χ1) is 6.25. The lowest BCUT2D eigenvalue weighted by Crippen LogP contribution is -2.42. The summed E-state index contributed by atoms with van der Waals surface area (Å²) in [5.41, 5.74) is -2.60. The number of aliphatic carboxylic acids is 1. The molecule has 14 heavy (non-hydrogen) atoms. The van der Waals surface area contributed by atoms with Crippen LogP contribution in [0.15, 0.2) is 0 Å².